The lowest BCUT2D eigenvalue weighted by Gasteiger charge is -2.13. The van der Waals surface area contributed by atoms with Crippen molar-refractivity contribution < 1.29 is 19.3 Å². The minimum atomic E-state index is -0.534. The van der Waals surface area contributed by atoms with E-state index in [9.17, 15) is 5.11 Å². The molecule has 0 bridgehead atoms. The molecule has 1 fully saturated rings. The molecule has 1 aliphatic heterocycles. The van der Waals surface area contributed by atoms with Gasteiger partial charge in [0.15, 0.2) is 0 Å². The first kappa shape index (κ1) is 14.9. The topological polar surface area (TPSA) is 60.0 Å². The average Bonchev–Trinajstić information content (AvgIpc) is 2.83. The molecule has 0 spiro atoms. The highest BCUT2D eigenvalue weighted by Gasteiger charge is 2.14. The van der Waals surface area contributed by atoms with E-state index < -0.39 is 6.10 Å². The minimum Gasteiger partial charge on any atom is -0.388 e. The van der Waals surface area contributed by atoms with E-state index in [1.807, 2.05) is 0 Å². The van der Waals surface area contributed by atoms with Crippen molar-refractivity contribution in [2.45, 2.75) is 18.9 Å². The van der Waals surface area contributed by atoms with E-state index in [1.165, 1.54) is 6.42 Å². The molecule has 17 heavy (non-hydrogen) atoms. The highest BCUT2D eigenvalue weighted by molar-refractivity contribution is 4.70. The Balaban J connectivity index is 1.84. The normalized spacial score (nSPS) is 21.9. The number of hydrogen-bond donors (Lipinski definition) is 2. The third kappa shape index (κ3) is 7.68. The van der Waals surface area contributed by atoms with Gasteiger partial charge in [-0.1, -0.05) is 0 Å². The summed E-state index contributed by atoms with van der Waals surface area (Å²) in [6, 6.07) is 0. The van der Waals surface area contributed by atoms with Gasteiger partial charge in [0.1, 0.15) is 6.10 Å². The lowest BCUT2D eigenvalue weighted by Crippen LogP contribution is -2.23. The quantitative estimate of drug-likeness (QED) is 0.533. The predicted molar refractivity (Wildman–Crippen MR) is 65.1 cm³/mol. The van der Waals surface area contributed by atoms with Crippen molar-refractivity contribution in [1.82, 2.24) is 5.32 Å². The maximum atomic E-state index is 9.54. The molecule has 0 radical (unpaired) electrons. The first-order valence-corrected chi connectivity index (χ1v) is 6.36. The second-order valence-electron chi connectivity index (χ2n) is 4.44. The molecular formula is C12H25NO4. The Morgan fingerprint density at radius 3 is 2.65 bits per heavy atom. The van der Waals surface area contributed by atoms with E-state index in [1.54, 1.807) is 7.11 Å². The summed E-state index contributed by atoms with van der Waals surface area (Å²) in [5, 5.41) is 12.9. The van der Waals surface area contributed by atoms with Crippen LogP contribution >= 0.6 is 0 Å². The van der Waals surface area contributed by atoms with Crippen LogP contribution in [0.15, 0.2) is 0 Å². The summed E-state index contributed by atoms with van der Waals surface area (Å²) in [4.78, 5) is 0. The molecule has 1 aliphatic rings. The van der Waals surface area contributed by atoms with Crippen LogP contribution in [0.3, 0.4) is 0 Å². The van der Waals surface area contributed by atoms with E-state index in [0.29, 0.717) is 26.4 Å². The average molecular weight is 247 g/mol. The van der Waals surface area contributed by atoms with Crippen molar-refractivity contribution in [3.63, 3.8) is 0 Å². The van der Waals surface area contributed by atoms with Crippen LogP contribution in [0.2, 0.25) is 0 Å². The number of ether oxygens (including phenoxy) is 3. The van der Waals surface area contributed by atoms with Crippen LogP contribution in [0.1, 0.15) is 12.8 Å². The molecule has 1 heterocycles. The van der Waals surface area contributed by atoms with Crippen molar-refractivity contribution in [1.29, 1.82) is 0 Å². The molecule has 2 N–H and O–H groups in total. The molecule has 102 valence electrons. The molecule has 0 aromatic rings. The maximum Gasteiger partial charge on any atom is 0.101 e. The van der Waals surface area contributed by atoms with Gasteiger partial charge in [-0.25, -0.2) is 0 Å². The zero-order chi connectivity index (χ0) is 12.3. The van der Waals surface area contributed by atoms with Crippen molar-refractivity contribution in [2.24, 2.45) is 5.92 Å². The number of aliphatic hydroxyl groups excluding tert-OH is 1. The van der Waals surface area contributed by atoms with E-state index in [-0.39, 0.29) is 0 Å². The van der Waals surface area contributed by atoms with E-state index in [4.69, 9.17) is 14.2 Å². The van der Waals surface area contributed by atoms with Gasteiger partial charge in [-0.15, -0.1) is 0 Å². The molecular weight excluding hydrogens is 222 g/mol. The van der Waals surface area contributed by atoms with E-state index >= 15 is 0 Å². The second-order valence-corrected chi connectivity index (χ2v) is 4.44. The van der Waals surface area contributed by atoms with E-state index in [2.05, 4.69) is 5.32 Å². The fourth-order valence-electron chi connectivity index (χ4n) is 1.84. The lowest BCUT2D eigenvalue weighted by atomic mass is 10.1. The lowest BCUT2D eigenvalue weighted by molar-refractivity contribution is -0.0297. The van der Waals surface area contributed by atoms with Crippen LogP contribution in [-0.4, -0.2) is 64.4 Å². The number of hydrogen-bond acceptors (Lipinski definition) is 5. The van der Waals surface area contributed by atoms with Crippen molar-refractivity contribution in [3.05, 3.63) is 0 Å². The van der Waals surface area contributed by atoms with Gasteiger partial charge >= 0.3 is 0 Å². The summed E-state index contributed by atoms with van der Waals surface area (Å²) < 4.78 is 15.5. The molecule has 1 rings (SSSR count). The summed E-state index contributed by atoms with van der Waals surface area (Å²) in [5.74, 6) is 0.741. The Kier molecular flexibility index (Phi) is 8.56. The molecule has 0 aromatic heterocycles. The smallest absolute Gasteiger partial charge is 0.101 e. The first-order valence-electron chi connectivity index (χ1n) is 6.36. The Morgan fingerprint density at radius 2 is 2.00 bits per heavy atom. The van der Waals surface area contributed by atoms with Crippen LogP contribution in [0.4, 0.5) is 0 Å². The van der Waals surface area contributed by atoms with Gasteiger partial charge in [-0.3, -0.25) is 0 Å². The van der Waals surface area contributed by atoms with Crippen LogP contribution in [0.25, 0.3) is 0 Å². The SMILES string of the molecule is COCCOCC(O)COCCC1CCNC1. The standard InChI is InChI=1S/C12H25NO4/c1-15-6-7-17-10-12(14)9-16-5-3-11-2-4-13-8-11/h11-14H,2-10H2,1H3. The molecule has 0 amide bonds. The van der Waals surface area contributed by atoms with E-state index in [0.717, 1.165) is 32.0 Å². The van der Waals surface area contributed by atoms with Crippen LogP contribution in [0, 0.1) is 5.92 Å². The van der Waals surface area contributed by atoms with Gasteiger partial charge in [0, 0.05) is 13.7 Å². The summed E-state index contributed by atoms with van der Waals surface area (Å²) in [7, 11) is 1.63. The Hall–Kier alpha value is -0.200. The molecule has 0 aromatic carbocycles. The molecule has 1 saturated heterocycles. The molecule has 2 atom stereocenters. The molecule has 5 nitrogen and oxygen atoms in total. The van der Waals surface area contributed by atoms with Crippen LogP contribution < -0.4 is 5.32 Å². The van der Waals surface area contributed by atoms with Gasteiger partial charge in [0.2, 0.25) is 0 Å². The zero-order valence-corrected chi connectivity index (χ0v) is 10.7. The summed E-state index contributed by atoms with van der Waals surface area (Å²) in [5.41, 5.74) is 0. The Bertz CT molecular complexity index is 174. The fraction of sp³-hybridized carbons (Fsp3) is 1.00. The molecule has 0 aliphatic carbocycles. The van der Waals surface area contributed by atoms with Crippen LogP contribution in [-0.2, 0) is 14.2 Å². The molecule has 0 saturated carbocycles. The first-order chi connectivity index (χ1) is 8.33. The van der Waals surface area contributed by atoms with Crippen molar-refractivity contribution >= 4 is 0 Å². The van der Waals surface area contributed by atoms with Gasteiger partial charge in [-0.05, 0) is 31.8 Å². The molecule has 5 heteroatoms. The maximum absolute atomic E-state index is 9.54. The number of rotatable bonds is 10. The van der Waals surface area contributed by atoms with Gasteiger partial charge in [-0.2, -0.15) is 0 Å². The minimum absolute atomic E-state index is 0.314. The largest absolute Gasteiger partial charge is 0.388 e. The Labute approximate surface area is 103 Å². The van der Waals surface area contributed by atoms with Gasteiger partial charge in [0.25, 0.3) is 0 Å². The highest BCUT2D eigenvalue weighted by atomic mass is 16.5. The fourth-order valence-corrected chi connectivity index (χ4v) is 1.84. The van der Waals surface area contributed by atoms with Crippen molar-refractivity contribution in [2.75, 3.05) is 53.2 Å². The van der Waals surface area contributed by atoms with Gasteiger partial charge in [0.05, 0.1) is 26.4 Å². The summed E-state index contributed by atoms with van der Waals surface area (Å²) >= 11 is 0. The zero-order valence-electron chi connectivity index (χ0n) is 10.7. The van der Waals surface area contributed by atoms with Crippen LogP contribution in [0.5, 0.6) is 0 Å². The van der Waals surface area contributed by atoms with Crippen molar-refractivity contribution in [3.8, 4) is 0 Å². The third-order valence-corrected chi connectivity index (χ3v) is 2.89. The predicted octanol–water partition coefficient (Wildman–Crippen LogP) is 0.0265. The second kappa shape index (κ2) is 9.79. The highest BCUT2D eigenvalue weighted by Crippen LogP contribution is 2.11. The number of nitrogens with one attached hydrogen (secondary N) is 1. The number of aliphatic hydroxyl groups is 1. The Morgan fingerprint density at radius 1 is 1.24 bits per heavy atom. The monoisotopic (exact) mass is 247 g/mol. The molecule has 2 unspecified atom stereocenters. The summed E-state index contributed by atoms with van der Waals surface area (Å²) in [6.45, 7) is 4.69. The van der Waals surface area contributed by atoms with Gasteiger partial charge < -0.3 is 24.6 Å². The number of methoxy groups -OCH3 is 1. The third-order valence-electron chi connectivity index (χ3n) is 2.89. The summed E-state index contributed by atoms with van der Waals surface area (Å²) in [6.07, 6.45) is 1.78.